The van der Waals surface area contributed by atoms with Gasteiger partial charge in [-0.3, -0.25) is 5.10 Å². The zero-order valence-corrected chi connectivity index (χ0v) is 15.6. The lowest BCUT2D eigenvalue weighted by Crippen LogP contribution is -1.90. The van der Waals surface area contributed by atoms with Crippen molar-refractivity contribution in [1.82, 2.24) is 30.0 Å². The van der Waals surface area contributed by atoms with Crippen LogP contribution in [0.4, 0.5) is 0 Å². The number of methoxy groups -OCH3 is 1. The maximum Gasteiger partial charge on any atom is 0.235 e. The minimum absolute atomic E-state index is 0.608. The molecule has 5 aromatic rings. The second-order valence-electron chi connectivity index (χ2n) is 5.90. The summed E-state index contributed by atoms with van der Waals surface area (Å²) in [7, 11) is 1.64. The fraction of sp³-hybridized carbons (Fsp3) is 0.0526. The van der Waals surface area contributed by atoms with Crippen molar-refractivity contribution in [3.05, 3.63) is 59.5 Å². The summed E-state index contributed by atoms with van der Waals surface area (Å²) in [4.78, 5) is 0.703. The maximum atomic E-state index is 5.30. The molecule has 0 spiro atoms. The molecule has 0 aliphatic rings. The smallest absolute Gasteiger partial charge is 0.235 e. The van der Waals surface area contributed by atoms with Crippen LogP contribution in [0.25, 0.3) is 39.9 Å². The van der Waals surface area contributed by atoms with Gasteiger partial charge in [0.2, 0.25) is 10.8 Å². The third kappa shape index (κ3) is 2.97. The van der Waals surface area contributed by atoms with Crippen molar-refractivity contribution in [2.24, 2.45) is 0 Å². The van der Waals surface area contributed by atoms with Gasteiger partial charge in [0, 0.05) is 5.56 Å². The lowest BCUT2D eigenvalue weighted by atomic mass is 10.1. The van der Waals surface area contributed by atoms with Gasteiger partial charge in [-0.1, -0.05) is 11.3 Å². The fourth-order valence-electron chi connectivity index (χ4n) is 2.75. The third-order valence-electron chi connectivity index (χ3n) is 4.14. The fourth-order valence-corrected chi connectivity index (χ4v) is 3.49. The summed E-state index contributed by atoms with van der Waals surface area (Å²) in [6.07, 6.45) is 5.38. The first-order valence-corrected chi connectivity index (χ1v) is 9.26. The van der Waals surface area contributed by atoms with E-state index in [0.717, 1.165) is 33.5 Å². The second-order valence-corrected chi connectivity index (χ2v) is 6.89. The van der Waals surface area contributed by atoms with Crippen LogP contribution in [0.3, 0.4) is 0 Å². The molecule has 1 N–H and O–H groups in total. The third-order valence-corrected chi connectivity index (χ3v) is 5.01. The second kappa shape index (κ2) is 6.78. The molecule has 5 rings (SSSR count). The number of nitrogens with zero attached hydrogens (tertiary/aromatic N) is 5. The van der Waals surface area contributed by atoms with Crippen LogP contribution < -0.4 is 4.74 Å². The van der Waals surface area contributed by atoms with E-state index in [0.29, 0.717) is 10.8 Å². The summed E-state index contributed by atoms with van der Waals surface area (Å²) in [5, 5.41) is 21.2. The van der Waals surface area contributed by atoms with E-state index in [9.17, 15) is 0 Å². The zero-order valence-electron chi connectivity index (χ0n) is 14.7. The van der Waals surface area contributed by atoms with E-state index < -0.39 is 0 Å². The molecule has 1 aromatic carbocycles. The number of hydrogen-bond acceptors (Lipinski definition) is 7. The standard InChI is InChI=1S/C19H14N6O2S/c1-26-13-6-4-12(5-7-13)15-11-16(21-20-15)18-22-23-19-25(18)24-17(28-19)9-8-14-3-2-10-27-14/h2-11H,1H3,(H,20,21)/b9-8+. The number of furan rings is 1. The molecule has 0 saturated heterocycles. The van der Waals surface area contributed by atoms with Crippen molar-refractivity contribution in [2.75, 3.05) is 7.11 Å². The minimum Gasteiger partial charge on any atom is -0.497 e. The molecule has 0 bridgehead atoms. The highest BCUT2D eigenvalue weighted by atomic mass is 32.1. The summed E-state index contributed by atoms with van der Waals surface area (Å²) >= 11 is 1.44. The van der Waals surface area contributed by atoms with Gasteiger partial charge in [-0.25, -0.2) is 0 Å². The zero-order chi connectivity index (χ0) is 18.9. The van der Waals surface area contributed by atoms with Gasteiger partial charge in [0.25, 0.3) is 0 Å². The topological polar surface area (TPSA) is 94.1 Å². The normalized spacial score (nSPS) is 11.6. The Morgan fingerprint density at radius 3 is 2.82 bits per heavy atom. The monoisotopic (exact) mass is 390 g/mol. The van der Waals surface area contributed by atoms with Crippen molar-refractivity contribution in [1.29, 1.82) is 0 Å². The summed E-state index contributed by atoms with van der Waals surface area (Å²) in [6.45, 7) is 0. The van der Waals surface area contributed by atoms with Crippen molar-refractivity contribution in [3.8, 4) is 28.5 Å². The van der Waals surface area contributed by atoms with Crippen LogP contribution >= 0.6 is 11.3 Å². The lowest BCUT2D eigenvalue weighted by molar-refractivity contribution is 0.415. The highest BCUT2D eigenvalue weighted by molar-refractivity contribution is 7.17. The first-order valence-electron chi connectivity index (χ1n) is 8.44. The van der Waals surface area contributed by atoms with Crippen LogP contribution in [-0.4, -0.2) is 37.1 Å². The quantitative estimate of drug-likeness (QED) is 0.487. The predicted molar refractivity (Wildman–Crippen MR) is 106 cm³/mol. The van der Waals surface area contributed by atoms with Crippen LogP contribution in [0, 0.1) is 0 Å². The summed E-state index contributed by atoms with van der Waals surface area (Å²) < 4.78 is 12.2. The number of benzene rings is 1. The SMILES string of the molecule is COc1ccc(-c2cc(-c3nnc4sc(/C=C/c5ccco5)nn34)[nH]n2)cc1. The van der Waals surface area contributed by atoms with Gasteiger partial charge < -0.3 is 9.15 Å². The molecule has 0 aliphatic carbocycles. The first-order chi connectivity index (χ1) is 13.8. The van der Waals surface area contributed by atoms with Gasteiger partial charge in [-0.2, -0.15) is 14.7 Å². The van der Waals surface area contributed by atoms with Gasteiger partial charge in [0.1, 0.15) is 22.2 Å². The van der Waals surface area contributed by atoms with E-state index in [4.69, 9.17) is 9.15 Å². The number of hydrogen-bond donors (Lipinski definition) is 1. The van der Waals surface area contributed by atoms with E-state index in [-0.39, 0.29) is 0 Å². The van der Waals surface area contributed by atoms with E-state index in [2.05, 4.69) is 25.5 Å². The molecule has 0 aliphatic heterocycles. The Balaban J connectivity index is 1.45. The largest absolute Gasteiger partial charge is 0.497 e. The molecule has 9 heteroatoms. The van der Waals surface area contributed by atoms with Gasteiger partial charge in [0.05, 0.1) is 19.1 Å². The molecule has 0 radical (unpaired) electrons. The maximum absolute atomic E-state index is 5.30. The summed E-state index contributed by atoms with van der Waals surface area (Å²) in [5.41, 5.74) is 2.53. The van der Waals surface area contributed by atoms with E-state index in [1.165, 1.54) is 11.3 Å². The Labute approximate surface area is 163 Å². The molecule has 138 valence electrons. The van der Waals surface area contributed by atoms with Crippen LogP contribution in [0.1, 0.15) is 10.8 Å². The molecule has 8 nitrogen and oxygen atoms in total. The van der Waals surface area contributed by atoms with Crippen molar-refractivity contribution < 1.29 is 9.15 Å². The van der Waals surface area contributed by atoms with Crippen LogP contribution in [-0.2, 0) is 0 Å². The Morgan fingerprint density at radius 2 is 2.04 bits per heavy atom. The number of aromatic amines is 1. The van der Waals surface area contributed by atoms with Crippen LogP contribution in [0.2, 0.25) is 0 Å². The number of H-pyrrole nitrogens is 1. The molecule has 0 fully saturated rings. The molecule has 0 unspecified atom stereocenters. The van der Waals surface area contributed by atoms with E-state index in [1.807, 2.05) is 54.6 Å². The van der Waals surface area contributed by atoms with Crippen molar-refractivity contribution in [3.63, 3.8) is 0 Å². The van der Waals surface area contributed by atoms with Crippen molar-refractivity contribution >= 4 is 28.4 Å². The average molecular weight is 390 g/mol. The Bertz CT molecular complexity index is 1250. The molecular weight excluding hydrogens is 376 g/mol. The minimum atomic E-state index is 0.608. The molecule has 0 amide bonds. The number of nitrogens with one attached hydrogen (secondary N) is 1. The summed E-state index contributed by atoms with van der Waals surface area (Å²) in [6, 6.07) is 13.4. The highest BCUT2D eigenvalue weighted by Gasteiger charge is 2.15. The number of ether oxygens (including phenoxy) is 1. The Morgan fingerprint density at radius 1 is 1.14 bits per heavy atom. The Kier molecular flexibility index (Phi) is 3.99. The molecule has 4 heterocycles. The molecular formula is C19H14N6O2S. The molecule has 4 aromatic heterocycles. The average Bonchev–Trinajstić information content (AvgIpc) is 3.50. The van der Waals surface area contributed by atoms with Crippen molar-refractivity contribution in [2.45, 2.75) is 0 Å². The number of aromatic nitrogens is 6. The van der Waals surface area contributed by atoms with Gasteiger partial charge in [-0.15, -0.1) is 10.2 Å². The molecule has 0 saturated carbocycles. The van der Waals surface area contributed by atoms with Gasteiger partial charge in [0.15, 0.2) is 0 Å². The van der Waals surface area contributed by atoms with E-state index >= 15 is 0 Å². The van der Waals surface area contributed by atoms with Gasteiger partial charge >= 0.3 is 0 Å². The first kappa shape index (κ1) is 16.5. The number of fused-ring (bicyclic) bond motifs is 1. The van der Waals surface area contributed by atoms with Crippen LogP contribution in [0.15, 0.2) is 53.1 Å². The van der Waals surface area contributed by atoms with E-state index in [1.54, 1.807) is 17.9 Å². The Hall–Kier alpha value is -3.72. The number of rotatable bonds is 5. The van der Waals surface area contributed by atoms with Gasteiger partial charge in [-0.05, 0) is 54.6 Å². The highest BCUT2D eigenvalue weighted by Crippen LogP contribution is 2.26. The molecule has 28 heavy (non-hydrogen) atoms. The predicted octanol–water partition coefficient (Wildman–Crippen LogP) is 4.01. The lowest BCUT2D eigenvalue weighted by Gasteiger charge is -1.99. The molecule has 0 atom stereocenters. The summed E-state index contributed by atoms with van der Waals surface area (Å²) in [5.74, 6) is 2.18. The van der Waals surface area contributed by atoms with Crippen LogP contribution in [0.5, 0.6) is 5.75 Å².